The Hall–Kier alpha value is -0.910. The molecule has 1 amide bonds. The standard InChI is InChI=1S/C16H26N2O2S.ClH/c1-11-8-13(9-12(2)15(11)20-4)10-18(3)16(19)14(17)6-7-21-5;/h8-9,14H,6-7,10,17H2,1-5H3;1H/t14-;/m0./s1. The van der Waals surface area contributed by atoms with E-state index in [2.05, 4.69) is 12.1 Å². The zero-order valence-corrected chi connectivity index (χ0v) is 15.6. The molecule has 1 atom stereocenters. The molecule has 4 nitrogen and oxygen atoms in total. The number of hydrogen-bond acceptors (Lipinski definition) is 4. The van der Waals surface area contributed by atoms with Crippen molar-refractivity contribution < 1.29 is 9.53 Å². The van der Waals surface area contributed by atoms with E-state index in [9.17, 15) is 4.79 Å². The van der Waals surface area contributed by atoms with Crippen LogP contribution in [0.2, 0.25) is 0 Å². The molecule has 0 heterocycles. The van der Waals surface area contributed by atoms with Crippen molar-refractivity contribution in [1.29, 1.82) is 0 Å². The monoisotopic (exact) mass is 346 g/mol. The van der Waals surface area contributed by atoms with Gasteiger partial charge in [-0.1, -0.05) is 12.1 Å². The van der Waals surface area contributed by atoms with E-state index in [0.29, 0.717) is 13.0 Å². The van der Waals surface area contributed by atoms with E-state index >= 15 is 0 Å². The molecule has 2 N–H and O–H groups in total. The van der Waals surface area contributed by atoms with Crippen LogP contribution in [0.3, 0.4) is 0 Å². The zero-order chi connectivity index (χ0) is 16.0. The minimum absolute atomic E-state index is 0. The van der Waals surface area contributed by atoms with Crippen molar-refractivity contribution in [2.75, 3.05) is 26.2 Å². The summed E-state index contributed by atoms with van der Waals surface area (Å²) in [6, 6.07) is 3.70. The van der Waals surface area contributed by atoms with Crippen molar-refractivity contribution in [3.63, 3.8) is 0 Å². The molecule has 0 saturated carbocycles. The molecule has 22 heavy (non-hydrogen) atoms. The van der Waals surface area contributed by atoms with Crippen LogP contribution >= 0.6 is 24.2 Å². The zero-order valence-electron chi connectivity index (χ0n) is 14.0. The van der Waals surface area contributed by atoms with Gasteiger partial charge in [-0.2, -0.15) is 11.8 Å². The Morgan fingerprint density at radius 3 is 2.36 bits per heavy atom. The third kappa shape index (κ3) is 5.71. The van der Waals surface area contributed by atoms with Gasteiger partial charge in [0.15, 0.2) is 0 Å². The third-order valence-electron chi connectivity index (χ3n) is 3.47. The number of nitrogens with zero attached hydrogens (tertiary/aromatic N) is 1. The first-order valence-corrected chi connectivity index (χ1v) is 8.43. The van der Waals surface area contributed by atoms with Gasteiger partial charge in [0.05, 0.1) is 13.2 Å². The molecule has 0 spiro atoms. The molecule has 0 aliphatic heterocycles. The van der Waals surface area contributed by atoms with Crippen LogP contribution in [0.25, 0.3) is 0 Å². The number of amides is 1. The van der Waals surface area contributed by atoms with Crippen molar-refractivity contribution in [2.24, 2.45) is 5.73 Å². The number of aryl methyl sites for hydroxylation is 2. The van der Waals surface area contributed by atoms with Crippen LogP contribution in [0, 0.1) is 13.8 Å². The van der Waals surface area contributed by atoms with Crippen molar-refractivity contribution in [1.82, 2.24) is 4.90 Å². The molecule has 0 saturated heterocycles. The highest BCUT2D eigenvalue weighted by molar-refractivity contribution is 7.98. The Kier molecular flexibility index (Phi) is 9.56. The lowest BCUT2D eigenvalue weighted by Crippen LogP contribution is -2.41. The molecule has 1 rings (SSSR count). The lowest BCUT2D eigenvalue weighted by molar-refractivity contribution is -0.131. The summed E-state index contributed by atoms with van der Waals surface area (Å²) in [6.45, 7) is 4.60. The first-order chi connectivity index (χ1) is 9.90. The first kappa shape index (κ1) is 21.1. The largest absolute Gasteiger partial charge is 0.496 e. The summed E-state index contributed by atoms with van der Waals surface area (Å²) >= 11 is 1.71. The summed E-state index contributed by atoms with van der Waals surface area (Å²) in [5.74, 6) is 1.81. The number of benzene rings is 1. The summed E-state index contributed by atoms with van der Waals surface area (Å²) < 4.78 is 5.36. The smallest absolute Gasteiger partial charge is 0.239 e. The topological polar surface area (TPSA) is 55.6 Å². The number of nitrogens with two attached hydrogens (primary N) is 1. The SMILES string of the molecule is COc1c(C)cc(CN(C)C(=O)[C@@H](N)CCSC)cc1C.Cl. The van der Waals surface area contributed by atoms with E-state index in [1.807, 2.05) is 20.1 Å². The van der Waals surface area contributed by atoms with Gasteiger partial charge in [-0.3, -0.25) is 4.79 Å². The summed E-state index contributed by atoms with van der Waals surface area (Å²) in [4.78, 5) is 13.9. The van der Waals surface area contributed by atoms with Gasteiger partial charge in [-0.05, 0) is 49.0 Å². The molecule has 126 valence electrons. The molecule has 0 aromatic heterocycles. The van der Waals surface area contributed by atoms with Crippen LogP contribution in [0.4, 0.5) is 0 Å². The van der Waals surface area contributed by atoms with Crippen LogP contribution in [0.15, 0.2) is 12.1 Å². The van der Waals surface area contributed by atoms with Crippen molar-refractivity contribution in [3.05, 3.63) is 28.8 Å². The maximum absolute atomic E-state index is 12.2. The minimum Gasteiger partial charge on any atom is -0.496 e. The van der Waals surface area contributed by atoms with Gasteiger partial charge in [0, 0.05) is 13.6 Å². The molecule has 0 fully saturated rings. The van der Waals surface area contributed by atoms with E-state index in [0.717, 1.165) is 28.2 Å². The second-order valence-corrected chi connectivity index (χ2v) is 6.33. The summed E-state index contributed by atoms with van der Waals surface area (Å²) in [6.07, 6.45) is 2.73. The normalized spacial score (nSPS) is 11.5. The summed E-state index contributed by atoms with van der Waals surface area (Å²) in [5.41, 5.74) is 9.20. The van der Waals surface area contributed by atoms with Crippen LogP contribution in [0.5, 0.6) is 5.75 Å². The van der Waals surface area contributed by atoms with E-state index in [1.54, 1.807) is 30.8 Å². The minimum atomic E-state index is -0.414. The maximum atomic E-state index is 12.2. The Labute approximate surface area is 144 Å². The van der Waals surface area contributed by atoms with E-state index < -0.39 is 6.04 Å². The Balaban J connectivity index is 0.00000441. The van der Waals surface area contributed by atoms with Gasteiger partial charge < -0.3 is 15.4 Å². The number of carbonyl (C=O) groups excluding carboxylic acids is 1. The van der Waals surface area contributed by atoms with Crippen LogP contribution < -0.4 is 10.5 Å². The molecule has 0 bridgehead atoms. The number of hydrogen-bond donors (Lipinski definition) is 1. The highest BCUT2D eigenvalue weighted by atomic mass is 35.5. The second-order valence-electron chi connectivity index (χ2n) is 5.35. The van der Waals surface area contributed by atoms with E-state index in [4.69, 9.17) is 10.5 Å². The van der Waals surface area contributed by atoms with Crippen LogP contribution in [-0.2, 0) is 11.3 Å². The molecular weight excluding hydrogens is 320 g/mol. The number of carbonyl (C=O) groups is 1. The van der Waals surface area contributed by atoms with Crippen LogP contribution in [0.1, 0.15) is 23.1 Å². The maximum Gasteiger partial charge on any atom is 0.239 e. The molecule has 1 aromatic rings. The number of methoxy groups -OCH3 is 1. The van der Waals surface area contributed by atoms with Crippen molar-refractivity contribution in [2.45, 2.75) is 32.9 Å². The molecular formula is C16H27ClN2O2S. The second kappa shape index (κ2) is 9.98. The van der Waals surface area contributed by atoms with Gasteiger partial charge in [0.2, 0.25) is 5.91 Å². The van der Waals surface area contributed by atoms with Gasteiger partial charge in [0.1, 0.15) is 5.75 Å². The summed E-state index contributed by atoms with van der Waals surface area (Å²) in [7, 11) is 3.48. The third-order valence-corrected chi connectivity index (χ3v) is 4.11. The Morgan fingerprint density at radius 2 is 1.91 bits per heavy atom. The number of likely N-dealkylation sites (N-methyl/N-ethyl adjacent to an activating group) is 1. The molecule has 0 unspecified atom stereocenters. The van der Waals surface area contributed by atoms with Crippen LogP contribution in [-0.4, -0.2) is 43.0 Å². The number of ether oxygens (including phenoxy) is 1. The summed E-state index contributed by atoms with van der Waals surface area (Å²) in [5, 5.41) is 0. The van der Waals surface area contributed by atoms with Crippen molar-refractivity contribution >= 4 is 30.1 Å². The quantitative estimate of drug-likeness (QED) is 0.824. The van der Waals surface area contributed by atoms with Gasteiger partial charge in [-0.25, -0.2) is 0 Å². The molecule has 0 aliphatic carbocycles. The highest BCUT2D eigenvalue weighted by Gasteiger charge is 2.18. The van der Waals surface area contributed by atoms with Gasteiger partial charge in [0.25, 0.3) is 0 Å². The lowest BCUT2D eigenvalue weighted by Gasteiger charge is -2.22. The fourth-order valence-electron chi connectivity index (χ4n) is 2.46. The lowest BCUT2D eigenvalue weighted by atomic mass is 10.0. The predicted octanol–water partition coefficient (Wildman–Crippen LogP) is 2.77. The molecule has 0 aliphatic rings. The van der Waals surface area contributed by atoms with Crippen molar-refractivity contribution in [3.8, 4) is 5.75 Å². The van der Waals surface area contributed by atoms with E-state index in [1.165, 1.54) is 0 Å². The fourth-order valence-corrected chi connectivity index (χ4v) is 2.95. The van der Waals surface area contributed by atoms with Gasteiger partial charge >= 0.3 is 0 Å². The first-order valence-electron chi connectivity index (χ1n) is 7.04. The number of halogens is 1. The Morgan fingerprint density at radius 1 is 1.36 bits per heavy atom. The average Bonchev–Trinajstić information content (AvgIpc) is 2.43. The molecule has 0 radical (unpaired) electrons. The molecule has 6 heteroatoms. The average molecular weight is 347 g/mol. The van der Waals surface area contributed by atoms with Gasteiger partial charge in [-0.15, -0.1) is 12.4 Å². The fraction of sp³-hybridized carbons (Fsp3) is 0.562. The highest BCUT2D eigenvalue weighted by Crippen LogP contribution is 2.24. The molecule has 1 aromatic carbocycles. The predicted molar refractivity (Wildman–Crippen MR) is 97.2 cm³/mol. The Bertz CT molecular complexity index is 474. The number of rotatable bonds is 7. The number of thioether (sulfide) groups is 1. The van der Waals surface area contributed by atoms with E-state index in [-0.39, 0.29) is 18.3 Å².